The van der Waals surface area contributed by atoms with Crippen molar-refractivity contribution in [2.45, 2.75) is 67.1 Å². The van der Waals surface area contributed by atoms with Crippen molar-refractivity contribution in [2.75, 3.05) is 28.2 Å². The molecular formula is C20H42N3SiU-. The molecule has 0 fully saturated rings. The van der Waals surface area contributed by atoms with Crippen LogP contribution >= 0.6 is 0 Å². The maximum absolute atomic E-state index is 5.13. The zero-order valence-electron chi connectivity index (χ0n) is 19.3. The summed E-state index contributed by atoms with van der Waals surface area (Å²) in [6, 6.07) is 0. The molecule has 0 saturated carbocycles. The Morgan fingerprint density at radius 2 is 1.16 bits per heavy atom. The summed E-state index contributed by atoms with van der Waals surface area (Å²) in [5.41, 5.74) is 5.94. The molecule has 1 rings (SSSR count). The van der Waals surface area contributed by atoms with E-state index in [1.54, 1.807) is 33.4 Å². The van der Waals surface area contributed by atoms with E-state index < -0.39 is 8.24 Å². The third-order valence-corrected chi connectivity index (χ3v) is 6.87. The maximum atomic E-state index is 5.13. The van der Waals surface area contributed by atoms with Gasteiger partial charge in [0.05, 0.1) is 0 Å². The van der Waals surface area contributed by atoms with Crippen molar-refractivity contribution in [3.05, 3.63) is 45.3 Å². The summed E-state index contributed by atoms with van der Waals surface area (Å²) in [4.78, 5) is 5.13. The van der Waals surface area contributed by atoms with Gasteiger partial charge < -0.3 is 23.0 Å². The average Bonchev–Trinajstić information content (AvgIpc) is 2.53. The molecular weight excluding hydrogens is 548 g/mol. The van der Waals surface area contributed by atoms with Crippen molar-refractivity contribution in [1.29, 1.82) is 0 Å². The molecule has 146 valence electrons. The minimum absolute atomic E-state index is 0. The molecule has 25 heavy (non-hydrogen) atoms. The number of hydrogen-bond acceptors (Lipinski definition) is 0. The Hall–Kier alpha value is 0.499. The van der Waals surface area contributed by atoms with Gasteiger partial charge in [0.1, 0.15) is 0 Å². The zero-order valence-corrected chi connectivity index (χ0v) is 24.5. The Labute approximate surface area is 184 Å². The molecule has 0 heterocycles. The summed E-state index contributed by atoms with van der Waals surface area (Å²) in [5.74, 6) is 0. The molecule has 0 aliphatic heterocycles. The summed E-state index contributed by atoms with van der Waals surface area (Å²) in [6.07, 6.45) is 0. The van der Waals surface area contributed by atoms with Gasteiger partial charge in [0.25, 0.3) is 0 Å². The Bertz CT molecular complexity index is 433. The van der Waals surface area contributed by atoms with E-state index in [9.17, 15) is 0 Å². The predicted octanol–water partition coefficient (Wildman–Crippen LogP) is 5.91. The molecule has 0 aliphatic rings. The van der Waals surface area contributed by atoms with Crippen molar-refractivity contribution in [2.24, 2.45) is 0 Å². The minimum atomic E-state index is -1.69. The van der Waals surface area contributed by atoms with E-state index >= 15 is 0 Å². The van der Waals surface area contributed by atoms with Crippen molar-refractivity contribution >= 4 is 13.4 Å². The fraction of sp³-hybridized carbons (Fsp3) is 0.700. The second-order valence-electron chi connectivity index (χ2n) is 7.61. The van der Waals surface area contributed by atoms with Crippen LogP contribution in [0.15, 0.2) is 0 Å². The third-order valence-electron chi connectivity index (χ3n) is 3.66. The van der Waals surface area contributed by atoms with Crippen LogP contribution < -0.4 is 5.19 Å². The van der Waals surface area contributed by atoms with E-state index in [2.05, 4.69) is 72.2 Å². The van der Waals surface area contributed by atoms with Gasteiger partial charge in [-0.3, -0.25) is 0 Å². The summed E-state index contributed by atoms with van der Waals surface area (Å²) in [6.45, 7) is 20.3. The number of nitrogens with zero attached hydrogens (tertiary/aromatic N) is 3. The normalized spacial score (nSPS) is 10.4. The smallest absolute Gasteiger partial charge is 0.668 e. The van der Waals surface area contributed by atoms with Crippen LogP contribution in [0.25, 0.3) is 15.6 Å². The van der Waals surface area contributed by atoms with Crippen LogP contribution in [-0.2, 0) is 0 Å². The first-order chi connectivity index (χ1) is 10.3. The summed E-state index contributed by atoms with van der Waals surface area (Å²) >= 11 is 0. The van der Waals surface area contributed by atoms with E-state index in [4.69, 9.17) is 4.98 Å². The summed E-state index contributed by atoms with van der Waals surface area (Å²) < 4.78 is 0. The van der Waals surface area contributed by atoms with Gasteiger partial charge in [-0.15, -0.1) is 5.54 Å². The minimum Gasteiger partial charge on any atom is -0.668 e. The van der Waals surface area contributed by atoms with Crippen molar-refractivity contribution < 1.29 is 31.1 Å². The van der Waals surface area contributed by atoms with Crippen molar-refractivity contribution in [3.8, 4) is 0 Å². The van der Waals surface area contributed by atoms with Gasteiger partial charge in [0.15, 0.2) is 0 Å². The van der Waals surface area contributed by atoms with Gasteiger partial charge in [0.2, 0.25) is 0 Å². The first-order valence-electron chi connectivity index (χ1n) is 8.24. The van der Waals surface area contributed by atoms with Crippen LogP contribution in [0.3, 0.4) is 0 Å². The standard InChI is InChI=1S/C15H27NSi.2C2H6N.CH3.U/c1-10-11(2)13(4)14(12(10)3)17(8,9)16-15(5,6)7;2*1-3-2;;/h1-9H3;2*1-2H3;1H3;/q-2;3*-1;+4. The van der Waals surface area contributed by atoms with E-state index in [1.807, 2.05) is 0 Å². The van der Waals surface area contributed by atoms with Gasteiger partial charge in [0, 0.05) is 0 Å². The van der Waals surface area contributed by atoms with Crippen LogP contribution in [0.2, 0.25) is 13.1 Å². The molecule has 5 heteroatoms. The van der Waals surface area contributed by atoms with Gasteiger partial charge in [-0.2, -0.15) is 50.1 Å². The first-order valence-corrected chi connectivity index (χ1v) is 11.2. The van der Waals surface area contributed by atoms with Gasteiger partial charge >= 0.3 is 31.1 Å². The first kappa shape index (κ1) is 33.1. The Morgan fingerprint density at radius 3 is 1.36 bits per heavy atom. The third kappa shape index (κ3) is 11.7. The van der Waals surface area contributed by atoms with Crippen molar-refractivity contribution in [3.63, 3.8) is 0 Å². The molecule has 0 radical (unpaired) electrons. The molecule has 1 aromatic carbocycles. The van der Waals surface area contributed by atoms with Crippen LogP contribution in [0, 0.1) is 66.2 Å². The largest absolute Gasteiger partial charge is 4.00 e. The molecule has 0 atom stereocenters. The predicted molar refractivity (Wildman–Crippen MR) is 118 cm³/mol. The van der Waals surface area contributed by atoms with Crippen LogP contribution in [-0.4, -0.2) is 42.0 Å². The Balaban J connectivity index is -0.000000242. The SMILES string of the molecule is C[N-]C.C[N-]C.Cc1c(C)c([Si](C)(C)[N-]C(C)(C)C)[c-](C)c1C.[CH3-].[U+4]. The second-order valence-corrected chi connectivity index (χ2v) is 11.5. The molecule has 0 N–H and O–H groups in total. The molecule has 3 nitrogen and oxygen atoms in total. The van der Waals surface area contributed by atoms with E-state index in [0.29, 0.717) is 0 Å². The van der Waals surface area contributed by atoms with E-state index in [0.717, 1.165) is 0 Å². The van der Waals surface area contributed by atoms with Crippen LogP contribution in [0.5, 0.6) is 0 Å². The molecule has 0 unspecified atom stereocenters. The topological polar surface area (TPSA) is 42.3 Å². The fourth-order valence-electron chi connectivity index (χ4n) is 3.03. The van der Waals surface area contributed by atoms with Gasteiger partial charge in [-0.1, -0.05) is 69.8 Å². The monoisotopic (exact) mass is 590 g/mol. The number of rotatable bonds is 2. The quantitative estimate of drug-likeness (QED) is 0.304. The van der Waals surface area contributed by atoms with Gasteiger partial charge in [-0.25, -0.2) is 5.56 Å². The fourth-order valence-corrected chi connectivity index (χ4v) is 7.03. The number of hydrogen-bond donors (Lipinski definition) is 0. The zero-order chi connectivity index (χ0) is 19.0. The molecule has 0 bridgehead atoms. The van der Waals surface area contributed by atoms with Crippen LogP contribution in [0.1, 0.15) is 43.0 Å². The van der Waals surface area contributed by atoms with Crippen LogP contribution in [0.4, 0.5) is 0 Å². The summed E-state index contributed by atoms with van der Waals surface area (Å²) in [5, 5.41) is 8.56. The van der Waals surface area contributed by atoms with Gasteiger partial charge in [-0.05, 0) is 0 Å². The maximum Gasteiger partial charge on any atom is 4.00 e. The van der Waals surface area contributed by atoms with Crippen molar-refractivity contribution in [1.82, 2.24) is 0 Å². The molecule has 0 amide bonds. The molecule has 1 aromatic rings. The second kappa shape index (κ2) is 14.5. The Kier molecular flexibility index (Phi) is 19.3. The van der Waals surface area contributed by atoms with E-state index in [-0.39, 0.29) is 44.1 Å². The average molecular weight is 591 g/mol. The Morgan fingerprint density at radius 1 is 0.840 bits per heavy atom. The summed E-state index contributed by atoms with van der Waals surface area (Å²) in [7, 11) is 5.31. The molecule has 0 aliphatic carbocycles. The van der Waals surface area contributed by atoms with E-state index in [1.165, 1.54) is 22.3 Å². The molecule has 0 saturated heterocycles. The molecule has 0 aromatic heterocycles. The molecule has 0 spiro atoms.